The van der Waals surface area contributed by atoms with E-state index >= 15 is 0 Å². The average Bonchev–Trinajstić information content (AvgIpc) is 2.70. The third-order valence-electron chi connectivity index (χ3n) is 5.55. The van der Waals surface area contributed by atoms with Crippen molar-refractivity contribution in [2.75, 3.05) is 27.2 Å². The monoisotopic (exact) mass is 365 g/mol. The molecular weight excluding hydrogens is 334 g/mol. The number of hydrogen-bond donors (Lipinski definition) is 0. The summed E-state index contributed by atoms with van der Waals surface area (Å²) in [6, 6.07) is 11.1. The first-order valence-electron chi connectivity index (χ1n) is 9.67. The van der Waals surface area contributed by atoms with Crippen molar-refractivity contribution >= 4 is 5.91 Å². The topological polar surface area (TPSA) is 36.4 Å². The first-order chi connectivity index (χ1) is 12.7. The predicted octanol–water partition coefficient (Wildman–Crippen LogP) is 3.94. The number of carbonyl (C=O) groups is 1. The summed E-state index contributed by atoms with van der Waals surface area (Å²) < 4.78 is 0. The number of nitrogens with zero attached hydrogens (tertiary/aromatic N) is 3. The molecule has 1 aliphatic heterocycles. The van der Waals surface area contributed by atoms with Crippen LogP contribution in [0.25, 0.3) is 11.1 Å². The van der Waals surface area contributed by atoms with E-state index in [-0.39, 0.29) is 11.3 Å². The minimum absolute atomic E-state index is 0.105. The minimum atomic E-state index is 0.105. The summed E-state index contributed by atoms with van der Waals surface area (Å²) >= 11 is 0. The van der Waals surface area contributed by atoms with E-state index in [9.17, 15) is 4.79 Å². The van der Waals surface area contributed by atoms with Gasteiger partial charge in [0, 0.05) is 32.0 Å². The van der Waals surface area contributed by atoms with E-state index in [0.29, 0.717) is 6.54 Å². The van der Waals surface area contributed by atoms with Gasteiger partial charge in [0.15, 0.2) is 0 Å². The van der Waals surface area contributed by atoms with Crippen molar-refractivity contribution in [3.05, 3.63) is 52.8 Å². The lowest BCUT2D eigenvalue weighted by Gasteiger charge is -2.25. The maximum absolute atomic E-state index is 12.2. The highest BCUT2D eigenvalue weighted by atomic mass is 16.2. The van der Waals surface area contributed by atoms with Gasteiger partial charge < -0.3 is 4.90 Å². The number of aromatic nitrogens is 1. The van der Waals surface area contributed by atoms with Crippen LogP contribution in [0.5, 0.6) is 0 Å². The molecule has 0 bridgehead atoms. The molecule has 1 amide bonds. The number of aryl methyl sites for hydroxylation is 2. The molecule has 0 N–H and O–H groups in total. The van der Waals surface area contributed by atoms with Crippen LogP contribution >= 0.6 is 0 Å². The van der Waals surface area contributed by atoms with Crippen LogP contribution in [0.4, 0.5) is 0 Å². The zero-order valence-electron chi connectivity index (χ0n) is 17.5. The Morgan fingerprint density at radius 2 is 1.78 bits per heavy atom. The quantitative estimate of drug-likeness (QED) is 0.827. The zero-order chi connectivity index (χ0) is 19.8. The van der Waals surface area contributed by atoms with Gasteiger partial charge in [0.1, 0.15) is 0 Å². The number of amides is 1. The van der Waals surface area contributed by atoms with E-state index in [1.165, 1.54) is 22.3 Å². The molecule has 0 radical (unpaired) electrons. The first kappa shape index (κ1) is 19.6. The summed E-state index contributed by atoms with van der Waals surface area (Å²) in [5.74, 6) is 0.160. The smallest absolute Gasteiger partial charge is 0.236 e. The predicted molar refractivity (Wildman–Crippen MR) is 111 cm³/mol. The van der Waals surface area contributed by atoms with Crippen molar-refractivity contribution in [3.8, 4) is 11.1 Å². The van der Waals surface area contributed by atoms with Gasteiger partial charge in [-0.3, -0.25) is 14.7 Å². The summed E-state index contributed by atoms with van der Waals surface area (Å²) in [7, 11) is 3.65. The molecular formula is C23H31N3O. The Morgan fingerprint density at radius 1 is 1.11 bits per heavy atom. The average molecular weight is 366 g/mol. The van der Waals surface area contributed by atoms with Gasteiger partial charge in [-0.05, 0) is 72.7 Å². The molecule has 2 aromatic rings. The lowest BCUT2D eigenvalue weighted by atomic mass is 9.79. The molecule has 1 aromatic carbocycles. The molecule has 0 aliphatic carbocycles. The highest BCUT2D eigenvalue weighted by Crippen LogP contribution is 2.36. The second-order valence-corrected chi connectivity index (χ2v) is 8.64. The Morgan fingerprint density at radius 3 is 2.41 bits per heavy atom. The van der Waals surface area contributed by atoms with Gasteiger partial charge in [-0.2, -0.15) is 0 Å². The second kappa shape index (κ2) is 7.43. The molecule has 144 valence electrons. The van der Waals surface area contributed by atoms with E-state index in [1.54, 1.807) is 4.90 Å². The van der Waals surface area contributed by atoms with E-state index in [1.807, 2.05) is 27.9 Å². The van der Waals surface area contributed by atoms with Gasteiger partial charge in [-0.1, -0.05) is 26.0 Å². The van der Waals surface area contributed by atoms with Gasteiger partial charge >= 0.3 is 0 Å². The van der Waals surface area contributed by atoms with Gasteiger partial charge in [-0.15, -0.1) is 0 Å². The van der Waals surface area contributed by atoms with Crippen molar-refractivity contribution in [2.24, 2.45) is 0 Å². The Labute approximate surface area is 163 Å². The minimum Gasteiger partial charge on any atom is -0.348 e. The van der Waals surface area contributed by atoms with Crippen LogP contribution in [0.2, 0.25) is 0 Å². The summed E-state index contributed by atoms with van der Waals surface area (Å²) in [4.78, 5) is 20.7. The molecule has 27 heavy (non-hydrogen) atoms. The molecule has 1 aromatic heterocycles. The van der Waals surface area contributed by atoms with Crippen LogP contribution in [0.1, 0.15) is 42.8 Å². The molecule has 0 saturated carbocycles. The number of hydrogen-bond acceptors (Lipinski definition) is 3. The molecule has 2 heterocycles. The number of rotatable bonds is 3. The Bertz CT molecular complexity index is 834. The molecule has 4 nitrogen and oxygen atoms in total. The fourth-order valence-electron chi connectivity index (χ4n) is 3.93. The summed E-state index contributed by atoms with van der Waals surface area (Å²) in [5.41, 5.74) is 7.34. The van der Waals surface area contributed by atoms with Crippen molar-refractivity contribution < 1.29 is 4.79 Å². The zero-order valence-corrected chi connectivity index (χ0v) is 17.5. The molecule has 0 saturated heterocycles. The number of pyridine rings is 1. The SMILES string of the molecule is Cc1cc(-c2ccc3c(c2)CN(CC(=O)N(C)C)CCC3(C)C)cc(C)n1. The van der Waals surface area contributed by atoms with Crippen LogP contribution in [-0.2, 0) is 16.8 Å². The van der Waals surface area contributed by atoms with E-state index in [2.05, 4.69) is 54.1 Å². The molecule has 4 heteroatoms. The van der Waals surface area contributed by atoms with Crippen molar-refractivity contribution in [1.29, 1.82) is 0 Å². The van der Waals surface area contributed by atoms with Crippen LogP contribution in [0.15, 0.2) is 30.3 Å². The lowest BCUT2D eigenvalue weighted by molar-refractivity contribution is -0.130. The van der Waals surface area contributed by atoms with Crippen LogP contribution in [0.3, 0.4) is 0 Å². The fraction of sp³-hybridized carbons (Fsp3) is 0.478. The van der Waals surface area contributed by atoms with Gasteiger partial charge in [-0.25, -0.2) is 0 Å². The summed E-state index contributed by atoms with van der Waals surface area (Å²) in [6.07, 6.45) is 1.05. The Hall–Kier alpha value is -2.20. The van der Waals surface area contributed by atoms with Gasteiger partial charge in [0.05, 0.1) is 6.54 Å². The lowest BCUT2D eigenvalue weighted by Crippen LogP contribution is -2.36. The van der Waals surface area contributed by atoms with E-state index in [0.717, 1.165) is 30.9 Å². The van der Waals surface area contributed by atoms with Crippen molar-refractivity contribution in [2.45, 2.75) is 46.1 Å². The first-order valence-corrected chi connectivity index (χ1v) is 9.67. The molecule has 0 unspecified atom stereocenters. The van der Waals surface area contributed by atoms with E-state index < -0.39 is 0 Å². The second-order valence-electron chi connectivity index (χ2n) is 8.64. The van der Waals surface area contributed by atoms with Crippen LogP contribution in [0, 0.1) is 13.8 Å². The third kappa shape index (κ3) is 4.38. The van der Waals surface area contributed by atoms with E-state index in [4.69, 9.17) is 0 Å². The summed E-state index contributed by atoms with van der Waals surface area (Å²) in [6.45, 7) is 10.9. The number of benzene rings is 1. The largest absolute Gasteiger partial charge is 0.348 e. The normalized spacial score (nSPS) is 16.5. The van der Waals surface area contributed by atoms with Crippen molar-refractivity contribution in [1.82, 2.24) is 14.8 Å². The summed E-state index contributed by atoms with van der Waals surface area (Å²) in [5, 5.41) is 0. The molecule has 0 spiro atoms. The number of likely N-dealkylation sites (N-methyl/N-ethyl adjacent to an activating group) is 1. The van der Waals surface area contributed by atoms with Crippen LogP contribution in [-0.4, -0.2) is 47.9 Å². The highest BCUT2D eigenvalue weighted by molar-refractivity contribution is 5.77. The number of carbonyl (C=O) groups excluding carboxylic acids is 1. The highest BCUT2D eigenvalue weighted by Gasteiger charge is 2.29. The molecule has 1 aliphatic rings. The Balaban J connectivity index is 1.98. The fourth-order valence-corrected chi connectivity index (χ4v) is 3.93. The molecule has 0 atom stereocenters. The van der Waals surface area contributed by atoms with Crippen LogP contribution < -0.4 is 0 Å². The van der Waals surface area contributed by atoms with Gasteiger partial charge in [0.25, 0.3) is 0 Å². The maximum Gasteiger partial charge on any atom is 0.236 e. The molecule has 0 fully saturated rings. The number of fused-ring (bicyclic) bond motifs is 1. The van der Waals surface area contributed by atoms with Crippen molar-refractivity contribution in [3.63, 3.8) is 0 Å². The maximum atomic E-state index is 12.2. The Kier molecular flexibility index (Phi) is 5.38. The molecule has 3 rings (SSSR count). The standard InChI is InChI=1S/C23H31N3O/c1-16-11-19(12-17(2)24-16)18-7-8-21-20(13-18)14-26(10-9-23(21,3)4)15-22(27)25(5)6/h7-8,11-13H,9-10,14-15H2,1-6H3. The third-order valence-corrected chi connectivity index (χ3v) is 5.55. The van der Waals surface area contributed by atoms with Gasteiger partial charge in [0.2, 0.25) is 5.91 Å².